The molecule has 2 aliphatic rings. The van der Waals surface area contributed by atoms with E-state index in [2.05, 4.69) is 44.7 Å². The van der Waals surface area contributed by atoms with E-state index in [9.17, 15) is 0 Å². The van der Waals surface area contributed by atoms with Gasteiger partial charge in [-0.2, -0.15) is 0 Å². The molecule has 4 heteroatoms. The highest BCUT2D eigenvalue weighted by Gasteiger charge is 2.42. The Labute approximate surface area is 137 Å². The molecule has 0 aliphatic carbocycles. The summed E-state index contributed by atoms with van der Waals surface area (Å²) in [7, 11) is 4.39. The lowest BCUT2D eigenvalue weighted by Gasteiger charge is -2.48. The molecule has 0 amide bonds. The lowest BCUT2D eigenvalue weighted by atomic mass is 9.73. The molecule has 0 bridgehead atoms. The summed E-state index contributed by atoms with van der Waals surface area (Å²) in [6.07, 6.45) is 5.21. The third kappa shape index (κ3) is 5.19. The molecule has 0 radical (unpaired) electrons. The Kier molecular flexibility index (Phi) is 6.29. The van der Waals surface area contributed by atoms with Crippen LogP contribution in [-0.4, -0.2) is 75.0 Å². The maximum Gasteiger partial charge on any atom is 0.0702 e. The van der Waals surface area contributed by atoms with Gasteiger partial charge in [-0.25, -0.2) is 0 Å². The van der Waals surface area contributed by atoms with E-state index in [4.69, 9.17) is 9.47 Å². The molecule has 0 aromatic carbocycles. The molecule has 130 valence electrons. The molecule has 0 aromatic heterocycles. The van der Waals surface area contributed by atoms with Crippen LogP contribution in [0.3, 0.4) is 0 Å². The zero-order chi connectivity index (χ0) is 16.2. The van der Waals surface area contributed by atoms with Gasteiger partial charge in [0.1, 0.15) is 0 Å². The summed E-state index contributed by atoms with van der Waals surface area (Å²) in [6.45, 7) is 13.1. The molecule has 0 N–H and O–H groups in total. The van der Waals surface area contributed by atoms with Crippen LogP contribution in [0.2, 0.25) is 0 Å². The van der Waals surface area contributed by atoms with E-state index >= 15 is 0 Å². The fourth-order valence-electron chi connectivity index (χ4n) is 4.43. The Bertz CT molecular complexity index is 340. The summed E-state index contributed by atoms with van der Waals surface area (Å²) in [4.78, 5) is 4.96. The maximum atomic E-state index is 5.99. The van der Waals surface area contributed by atoms with Gasteiger partial charge in [0, 0.05) is 38.3 Å². The van der Waals surface area contributed by atoms with Crippen LogP contribution in [0.5, 0.6) is 0 Å². The van der Waals surface area contributed by atoms with E-state index in [-0.39, 0.29) is 5.60 Å². The van der Waals surface area contributed by atoms with E-state index < -0.39 is 0 Å². The van der Waals surface area contributed by atoms with Crippen molar-refractivity contribution in [1.29, 1.82) is 0 Å². The van der Waals surface area contributed by atoms with Crippen molar-refractivity contribution in [1.82, 2.24) is 9.80 Å². The highest BCUT2D eigenvalue weighted by atomic mass is 16.5. The number of likely N-dealkylation sites (N-methyl/N-ethyl adjacent to an activating group) is 1. The Morgan fingerprint density at radius 1 is 1.14 bits per heavy atom. The minimum Gasteiger partial charge on any atom is -0.377 e. The first-order chi connectivity index (χ1) is 10.3. The molecule has 2 unspecified atom stereocenters. The van der Waals surface area contributed by atoms with E-state index in [1.54, 1.807) is 0 Å². The molecule has 22 heavy (non-hydrogen) atoms. The van der Waals surface area contributed by atoms with Crippen LogP contribution in [0.1, 0.15) is 46.5 Å². The van der Waals surface area contributed by atoms with Crippen LogP contribution < -0.4 is 0 Å². The molecule has 2 fully saturated rings. The van der Waals surface area contributed by atoms with Gasteiger partial charge in [-0.15, -0.1) is 0 Å². The number of nitrogens with zero attached hydrogens (tertiary/aromatic N) is 2. The van der Waals surface area contributed by atoms with Crippen molar-refractivity contribution in [2.75, 3.05) is 53.5 Å². The summed E-state index contributed by atoms with van der Waals surface area (Å²) in [5, 5.41) is 0. The standard InChI is InChI=1S/C18H36N2O2/c1-6-20(12-16-8-7-10-21-16)15-18(14-19(4)5)9-11-22-17(2,3)13-18/h16H,6-15H2,1-5H3. The first kappa shape index (κ1) is 18.2. The van der Waals surface area contributed by atoms with Gasteiger partial charge in [0.15, 0.2) is 0 Å². The summed E-state index contributed by atoms with van der Waals surface area (Å²) in [5.41, 5.74) is 0.331. The van der Waals surface area contributed by atoms with E-state index in [0.29, 0.717) is 11.5 Å². The molecule has 2 atom stereocenters. The van der Waals surface area contributed by atoms with Gasteiger partial charge in [0.25, 0.3) is 0 Å². The van der Waals surface area contributed by atoms with Crippen LogP contribution in [-0.2, 0) is 9.47 Å². The predicted molar refractivity (Wildman–Crippen MR) is 91.3 cm³/mol. The fraction of sp³-hybridized carbons (Fsp3) is 1.00. The highest BCUT2D eigenvalue weighted by molar-refractivity contribution is 4.94. The van der Waals surface area contributed by atoms with Gasteiger partial charge in [-0.05, 0) is 60.2 Å². The number of rotatable bonds is 7. The zero-order valence-corrected chi connectivity index (χ0v) is 15.4. The molecular formula is C18H36N2O2. The van der Waals surface area contributed by atoms with Crippen LogP contribution in [0, 0.1) is 5.41 Å². The molecule has 2 saturated heterocycles. The normalized spacial score (nSPS) is 32.0. The van der Waals surface area contributed by atoms with Gasteiger partial charge < -0.3 is 19.3 Å². The first-order valence-corrected chi connectivity index (χ1v) is 8.97. The van der Waals surface area contributed by atoms with Crippen molar-refractivity contribution in [2.24, 2.45) is 5.41 Å². The Morgan fingerprint density at radius 3 is 2.45 bits per heavy atom. The third-order valence-corrected chi connectivity index (χ3v) is 5.07. The monoisotopic (exact) mass is 312 g/mol. The highest BCUT2D eigenvalue weighted by Crippen LogP contribution is 2.40. The van der Waals surface area contributed by atoms with E-state index in [1.807, 2.05) is 0 Å². The largest absolute Gasteiger partial charge is 0.377 e. The van der Waals surface area contributed by atoms with Crippen molar-refractivity contribution in [2.45, 2.75) is 58.2 Å². The minimum atomic E-state index is -0.00245. The maximum absolute atomic E-state index is 5.99. The van der Waals surface area contributed by atoms with Crippen molar-refractivity contribution in [3.8, 4) is 0 Å². The molecule has 2 heterocycles. The number of ether oxygens (including phenoxy) is 2. The molecule has 0 spiro atoms. The van der Waals surface area contributed by atoms with Crippen LogP contribution in [0.15, 0.2) is 0 Å². The number of hydrogen-bond donors (Lipinski definition) is 0. The van der Waals surface area contributed by atoms with Gasteiger partial charge in [-0.3, -0.25) is 0 Å². The summed E-state index contributed by atoms with van der Waals surface area (Å²) in [5.74, 6) is 0. The van der Waals surface area contributed by atoms with Gasteiger partial charge >= 0.3 is 0 Å². The lowest BCUT2D eigenvalue weighted by Crippen LogP contribution is -2.52. The second-order valence-electron chi connectivity index (χ2n) is 8.24. The van der Waals surface area contributed by atoms with Crippen molar-refractivity contribution in [3.05, 3.63) is 0 Å². The summed E-state index contributed by atoms with van der Waals surface area (Å²) >= 11 is 0. The Morgan fingerprint density at radius 2 is 1.91 bits per heavy atom. The van der Waals surface area contributed by atoms with Crippen LogP contribution in [0.4, 0.5) is 0 Å². The first-order valence-electron chi connectivity index (χ1n) is 8.97. The van der Waals surface area contributed by atoms with Crippen LogP contribution in [0.25, 0.3) is 0 Å². The molecule has 2 rings (SSSR count). The van der Waals surface area contributed by atoms with Gasteiger partial charge in [0.2, 0.25) is 0 Å². The lowest BCUT2D eigenvalue weighted by molar-refractivity contribution is -0.118. The predicted octanol–water partition coefficient (Wildman–Crippen LogP) is 2.62. The average molecular weight is 312 g/mol. The minimum absolute atomic E-state index is 0.00245. The quantitative estimate of drug-likeness (QED) is 0.721. The summed E-state index contributed by atoms with van der Waals surface area (Å²) < 4.78 is 11.8. The fourth-order valence-corrected chi connectivity index (χ4v) is 4.43. The SMILES string of the molecule is CCN(CC1CCCO1)CC1(CN(C)C)CCOC(C)(C)C1. The second-order valence-corrected chi connectivity index (χ2v) is 8.24. The Balaban J connectivity index is 2.03. The summed E-state index contributed by atoms with van der Waals surface area (Å²) in [6, 6.07) is 0. The molecule has 0 aromatic rings. The van der Waals surface area contributed by atoms with Crippen molar-refractivity contribution < 1.29 is 9.47 Å². The zero-order valence-electron chi connectivity index (χ0n) is 15.4. The smallest absolute Gasteiger partial charge is 0.0702 e. The third-order valence-electron chi connectivity index (χ3n) is 5.07. The number of hydrogen-bond acceptors (Lipinski definition) is 4. The molecule has 0 saturated carbocycles. The van der Waals surface area contributed by atoms with Gasteiger partial charge in [-0.1, -0.05) is 6.92 Å². The molecule has 2 aliphatic heterocycles. The Hall–Kier alpha value is -0.160. The van der Waals surface area contributed by atoms with E-state index in [1.165, 1.54) is 12.8 Å². The van der Waals surface area contributed by atoms with Crippen LogP contribution >= 0.6 is 0 Å². The molecule has 4 nitrogen and oxygen atoms in total. The van der Waals surface area contributed by atoms with Gasteiger partial charge in [0.05, 0.1) is 11.7 Å². The molecular weight excluding hydrogens is 276 g/mol. The van der Waals surface area contributed by atoms with Crippen molar-refractivity contribution in [3.63, 3.8) is 0 Å². The van der Waals surface area contributed by atoms with Crippen molar-refractivity contribution >= 4 is 0 Å². The average Bonchev–Trinajstić information content (AvgIpc) is 2.88. The van der Waals surface area contributed by atoms with E-state index in [0.717, 1.165) is 52.2 Å². The second kappa shape index (κ2) is 7.61. The topological polar surface area (TPSA) is 24.9 Å².